The van der Waals surface area contributed by atoms with Crippen LogP contribution in [0.5, 0.6) is 0 Å². The molecule has 0 amide bonds. The molecule has 1 aliphatic rings. The predicted molar refractivity (Wildman–Crippen MR) is 91.1 cm³/mol. The molecule has 0 bridgehead atoms. The Morgan fingerprint density at radius 1 is 1.35 bits per heavy atom. The smallest absolute Gasteiger partial charge is 0.311 e. The number of pyridine rings is 1. The Bertz CT molecular complexity index is 888. The Morgan fingerprint density at radius 2 is 2.26 bits per heavy atom. The first kappa shape index (κ1) is 14.5. The minimum absolute atomic E-state index is 0.215. The fourth-order valence-corrected chi connectivity index (χ4v) is 3.81. The Labute approximate surface area is 142 Å². The fraction of sp³-hybridized carbons (Fsp3) is 0.222. The SMILES string of the molecule is O=C(Cc1c[nH]c2cccc(Br)c12)O[C@H]1CCc2cccnc21. The van der Waals surface area contributed by atoms with Gasteiger partial charge < -0.3 is 9.72 Å². The van der Waals surface area contributed by atoms with Crippen molar-refractivity contribution in [1.29, 1.82) is 0 Å². The van der Waals surface area contributed by atoms with Crippen LogP contribution in [0.1, 0.15) is 29.3 Å². The number of benzene rings is 1. The standard InChI is InChI=1S/C18H15BrN2O2/c19-13-4-1-5-14-17(13)12(10-21-14)9-16(22)23-15-7-6-11-3-2-8-20-18(11)15/h1-5,8,10,15,21H,6-7,9H2/t15-/m0/s1. The molecule has 0 spiro atoms. The van der Waals surface area contributed by atoms with Gasteiger partial charge in [-0.2, -0.15) is 0 Å². The molecule has 5 heteroatoms. The van der Waals surface area contributed by atoms with Crippen LogP contribution in [-0.2, 0) is 22.4 Å². The maximum Gasteiger partial charge on any atom is 0.311 e. The lowest BCUT2D eigenvalue weighted by Gasteiger charge is -2.12. The molecule has 1 N–H and O–H groups in total. The average molecular weight is 371 g/mol. The molecule has 2 aromatic heterocycles. The number of H-pyrrole nitrogens is 1. The summed E-state index contributed by atoms with van der Waals surface area (Å²) < 4.78 is 6.65. The third-order valence-corrected chi connectivity index (χ3v) is 4.91. The zero-order valence-electron chi connectivity index (χ0n) is 12.4. The zero-order valence-corrected chi connectivity index (χ0v) is 14.0. The number of carbonyl (C=O) groups excluding carboxylic acids is 1. The predicted octanol–water partition coefficient (Wildman–Crippen LogP) is 4.10. The van der Waals surface area contributed by atoms with Crippen LogP contribution >= 0.6 is 15.9 Å². The van der Waals surface area contributed by atoms with Crippen LogP contribution < -0.4 is 0 Å². The van der Waals surface area contributed by atoms with Crippen molar-refractivity contribution in [3.8, 4) is 0 Å². The van der Waals surface area contributed by atoms with Gasteiger partial charge in [0, 0.05) is 27.8 Å². The summed E-state index contributed by atoms with van der Waals surface area (Å²) in [6, 6.07) is 9.90. The molecular weight excluding hydrogens is 356 g/mol. The molecule has 0 aliphatic heterocycles. The number of carbonyl (C=O) groups is 1. The van der Waals surface area contributed by atoms with Crippen molar-refractivity contribution >= 4 is 32.8 Å². The highest BCUT2D eigenvalue weighted by Gasteiger charge is 2.27. The van der Waals surface area contributed by atoms with Gasteiger partial charge in [-0.3, -0.25) is 9.78 Å². The van der Waals surface area contributed by atoms with E-state index in [1.165, 1.54) is 5.56 Å². The molecule has 1 atom stereocenters. The summed E-state index contributed by atoms with van der Waals surface area (Å²) in [4.78, 5) is 19.9. The van der Waals surface area contributed by atoms with Crippen molar-refractivity contribution in [2.45, 2.75) is 25.4 Å². The van der Waals surface area contributed by atoms with Gasteiger partial charge in [0.15, 0.2) is 0 Å². The van der Waals surface area contributed by atoms with Gasteiger partial charge in [0.2, 0.25) is 0 Å². The van der Waals surface area contributed by atoms with Crippen molar-refractivity contribution in [2.24, 2.45) is 0 Å². The van der Waals surface area contributed by atoms with Crippen molar-refractivity contribution in [2.75, 3.05) is 0 Å². The number of halogens is 1. The summed E-state index contributed by atoms with van der Waals surface area (Å²) >= 11 is 3.54. The van der Waals surface area contributed by atoms with Crippen LogP contribution in [0.25, 0.3) is 10.9 Å². The second-order valence-corrected chi connectivity index (χ2v) is 6.57. The first-order chi connectivity index (χ1) is 11.2. The molecule has 0 fully saturated rings. The number of hydrogen-bond acceptors (Lipinski definition) is 3. The quantitative estimate of drug-likeness (QED) is 0.706. The van der Waals surface area contributed by atoms with Crippen LogP contribution in [0.15, 0.2) is 47.2 Å². The molecule has 4 nitrogen and oxygen atoms in total. The van der Waals surface area contributed by atoms with Crippen molar-refractivity contribution < 1.29 is 9.53 Å². The average Bonchev–Trinajstić information content (AvgIpc) is 3.13. The number of nitrogens with one attached hydrogen (secondary N) is 1. The third-order valence-electron chi connectivity index (χ3n) is 4.25. The highest BCUT2D eigenvalue weighted by atomic mass is 79.9. The number of aromatic nitrogens is 2. The molecule has 0 radical (unpaired) electrons. The second kappa shape index (κ2) is 5.81. The zero-order chi connectivity index (χ0) is 15.8. The maximum atomic E-state index is 12.4. The van der Waals surface area contributed by atoms with Crippen molar-refractivity contribution in [1.82, 2.24) is 9.97 Å². The summed E-state index contributed by atoms with van der Waals surface area (Å²) in [5.74, 6) is -0.217. The number of nitrogens with zero attached hydrogens (tertiary/aromatic N) is 1. The molecule has 23 heavy (non-hydrogen) atoms. The van der Waals surface area contributed by atoms with E-state index in [0.29, 0.717) is 0 Å². The lowest BCUT2D eigenvalue weighted by Crippen LogP contribution is -2.12. The van der Waals surface area contributed by atoms with Crippen LogP contribution in [0.2, 0.25) is 0 Å². The van der Waals surface area contributed by atoms with E-state index in [2.05, 4.69) is 25.9 Å². The van der Waals surface area contributed by atoms with E-state index in [4.69, 9.17) is 4.74 Å². The van der Waals surface area contributed by atoms with Gasteiger partial charge in [0.25, 0.3) is 0 Å². The number of esters is 1. The topological polar surface area (TPSA) is 55.0 Å². The van der Waals surface area contributed by atoms with E-state index in [0.717, 1.165) is 39.5 Å². The minimum atomic E-state index is -0.217. The minimum Gasteiger partial charge on any atom is -0.456 e. The lowest BCUT2D eigenvalue weighted by molar-refractivity contribution is -0.148. The number of fused-ring (bicyclic) bond motifs is 2. The number of ether oxygens (including phenoxy) is 1. The molecule has 1 aliphatic carbocycles. The molecule has 1 aromatic carbocycles. The summed E-state index contributed by atoms with van der Waals surface area (Å²) in [5.41, 5.74) is 4.04. The number of aryl methyl sites for hydroxylation is 1. The molecule has 0 saturated carbocycles. The van der Waals surface area contributed by atoms with E-state index < -0.39 is 0 Å². The molecule has 3 aromatic rings. The van der Waals surface area contributed by atoms with Gasteiger partial charge in [-0.05, 0) is 42.2 Å². The molecule has 2 heterocycles. The number of aromatic amines is 1. The van der Waals surface area contributed by atoms with Gasteiger partial charge in [-0.25, -0.2) is 0 Å². The lowest BCUT2D eigenvalue weighted by atomic mass is 10.1. The van der Waals surface area contributed by atoms with E-state index in [1.807, 2.05) is 36.5 Å². The van der Waals surface area contributed by atoms with Gasteiger partial charge in [-0.15, -0.1) is 0 Å². The van der Waals surface area contributed by atoms with Gasteiger partial charge in [0.1, 0.15) is 6.10 Å². The summed E-state index contributed by atoms with van der Waals surface area (Å²) in [6.07, 6.45) is 5.39. The van der Waals surface area contributed by atoms with Crippen molar-refractivity contribution in [3.63, 3.8) is 0 Å². The summed E-state index contributed by atoms with van der Waals surface area (Å²) in [5, 5.41) is 1.04. The Morgan fingerprint density at radius 3 is 3.17 bits per heavy atom. The summed E-state index contributed by atoms with van der Waals surface area (Å²) in [7, 11) is 0. The number of rotatable bonds is 3. The fourth-order valence-electron chi connectivity index (χ4n) is 3.19. The van der Waals surface area contributed by atoms with Gasteiger partial charge in [0.05, 0.1) is 12.1 Å². The van der Waals surface area contributed by atoms with Crippen LogP contribution in [-0.4, -0.2) is 15.9 Å². The molecular formula is C18H15BrN2O2. The van der Waals surface area contributed by atoms with E-state index >= 15 is 0 Å². The first-order valence-electron chi connectivity index (χ1n) is 7.60. The van der Waals surface area contributed by atoms with E-state index in [9.17, 15) is 4.79 Å². The maximum absolute atomic E-state index is 12.4. The Kier molecular flexibility index (Phi) is 3.65. The van der Waals surface area contributed by atoms with Crippen LogP contribution in [0, 0.1) is 0 Å². The van der Waals surface area contributed by atoms with Gasteiger partial charge >= 0.3 is 5.97 Å². The highest BCUT2D eigenvalue weighted by molar-refractivity contribution is 9.10. The Balaban J connectivity index is 1.52. The van der Waals surface area contributed by atoms with Gasteiger partial charge in [-0.1, -0.05) is 28.1 Å². The number of hydrogen-bond donors (Lipinski definition) is 1. The monoisotopic (exact) mass is 370 g/mol. The Hall–Kier alpha value is -2.14. The third kappa shape index (κ3) is 2.65. The van der Waals surface area contributed by atoms with Crippen molar-refractivity contribution in [3.05, 3.63) is 64.0 Å². The first-order valence-corrected chi connectivity index (χ1v) is 8.39. The second-order valence-electron chi connectivity index (χ2n) is 5.72. The molecule has 0 unspecified atom stereocenters. The van der Waals surface area contributed by atoms with Crippen LogP contribution in [0.3, 0.4) is 0 Å². The molecule has 0 saturated heterocycles. The normalized spacial score (nSPS) is 16.5. The largest absolute Gasteiger partial charge is 0.456 e. The van der Waals surface area contributed by atoms with E-state index in [-0.39, 0.29) is 18.5 Å². The molecule has 116 valence electrons. The highest BCUT2D eigenvalue weighted by Crippen LogP contribution is 2.33. The summed E-state index contributed by atoms with van der Waals surface area (Å²) in [6.45, 7) is 0. The van der Waals surface area contributed by atoms with E-state index in [1.54, 1.807) is 6.20 Å². The van der Waals surface area contributed by atoms with Crippen LogP contribution in [0.4, 0.5) is 0 Å². The molecule has 4 rings (SSSR count).